The fourth-order valence-electron chi connectivity index (χ4n) is 0.677. The Hall–Kier alpha value is -0.590. The van der Waals surface area contributed by atoms with Crippen LogP contribution in [0.2, 0.25) is 0 Å². The van der Waals surface area contributed by atoms with Crippen molar-refractivity contribution in [2.45, 2.75) is 52.9 Å². The second-order valence-electron chi connectivity index (χ2n) is 2.35. The Balaban J connectivity index is -0.000000137. The third kappa shape index (κ3) is 57.2. The maximum Gasteiger partial charge on any atom is -0.00788 e. The number of nitrogens with one attached hydrogen (secondary N) is 1. The zero-order chi connectivity index (χ0) is 10.2. The minimum absolute atomic E-state index is 1.25. The van der Waals surface area contributed by atoms with E-state index in [0.29, 0.717) is 0 Å². The van der Waals surface area contributed by atoms with E-state index >= 15 is 0 Å². The van der Waals surface area contributed by atoms with Gasteiger partial charge >= 0.3 is 0 Å². The fourth-order valence-corrected chi connectivity index (χ4v) is 0.677. The Morgan fingerprint density at radius 3 is 1.42 bits per heavy atom. The Labute approximate surface area is 78.4 Å². The molecule has 12 heavy (non-hydrogen) atoms. The largest absolute Gasteiger partial charge is 0.313 e. The second kappa shape index (κ2) is 31.5. The molecular weight excluding hydrogens is 146 g/mol. The molecule has 0 heterocycles. The van der Waals surface area contributed by atoms with Crippen LogP contribution in [0.4, 0.5) is 0 Å². The van der Waals surface area contributed by atoms with E-state index in [1.165, 1.54) is 38.3 Å². The summed E-state index contributed by atoms with van der Waals surface area (Å²) in [6.07, 6.45) is 8.26. The van der Waals surface area contributed by atoms with Crippen molar-refractivity contribution in [1.82, 2.24) is 0 Å². The van der Waals surface area contributed by atoms with E-state index in [-0.39, 0.29) is 0 Å². The highest BCUT2D eigenvalue weighted by Gasteiger charge is 1.80. The van der Waals surface area contributed by atoms with Crippen molar-refractivity contribution >= 4 is 6.21 Å². The van der Waals surface area contributed by atoms with Crippen molar-refractivity contribution in [3.8, 4) is 0 Å². The van der Waals surface area contributed by atoms with Gasteiger partial charge in [-0.15, -0.1) is 13.2 Å². The summed E-state index contributed by atoms with van der Waals surface area (Å²) in [4.78, 5) is 0. The molecule has 0 aromatic carbocycles. The van der Waals surface area contributed by atoms with Crippen molar-refractivity contribution in [2.24, 2.45) is 0 Å². The van der Waals surface area contributed by atoms with E-state index < -0.39 is 0 Å². The molecule has 0 bridgehead atoms. The fraction of sp³-hybridized carbons (Fsp3) is 0.727. The summed E-state index contributed by atoms with van der Waals surface area (Å²) in [6, 6.07) is 0. The molecule has 0 aliphatic carbocycles. The van der Waals surface area contributed by atoms with E-state index in [2.05, 4.69) is 27.0 Å². The topological polar surface area (TPSA) is 23.9 Å². The van der Waals surface area contributed by atoms with Gasteiger partial charge in [-0.1, -0.05) is 46.0 Å². The number of unbranched alkanes of at least 4 members (excludes halogenated alkanes) is 4. The van der Waals surface area contributed by atoms with Gasteiger partial charge in [0.2, 0.25) is 0 Å². The van der Waals surface area contributed by atoms with Crippen molar-refractivity contribution in [3.63, 3.8) is 0 Å². The molecule has 0 amide bonds. The quantitative estimate of drug-likeness (QED) is 0.367. The van der Waals surface area contributed by atoms with Crippen molar-refractivity contribution in [1.29, 1.82) is 5.41 Å². The van der Waals surface area contributed by atoms with Crippen molar-refractivity contribution in [2.75, 3.05) is 0 Å². The first-order chi connectivity index (χ1) is 5.83. The van der Waals surface area contributed by atoms with E-state index in [0.717, 1.165) is 0 Å². The molecular formula is C11H25N. The lowest BCUT2D eigenvalue weighted by Gasteiger charge is -1.90. The molecule has 0 unspecified atom stereocenters. The summed E-state index contributed by atoms with van der Waals surface area (Å²) in [5.74, 6) is 0. The van der Waals surface area contributed by atoms with E-state index in [9.17, 15) is 0 Å². The van der Waals surface area contributed by atoms with E-state index in [4.69, 9.17) is 5.41 Å². The van der Waals surface area contributed by atoms with Gasteiger partial charge in [0.25, 0.3) is 0 Å². The molecule has 0 aromatic rings. The summed E-state index contributed by atoms with van der Waals surface area (Å²) >= 11 is 0. The molecule has 0 aliphatic heterocycles. The highest BCUT2D eigenvalue weighted by molar-refractivity contribution is 5.48. The minimum atomic E-state index is 1.25. The van der Waals surface area contributed by atoms with Gasteiger partial charge in [0.05, 0.1) is 0 Å². The lowest BCUT2D eigenvalue weighted by atomic mass is 10.2. The van der Waals surface area contributed by atoms with Crippen LogP contribution in [0.25, 0.3) is 0 Å². The van der Waals surface area contributed by atoms with E-state index in [1.807, 2.05) is 0 Å². The maximum atomic E-state index is 6.08. The van der Waals surface area contributed by atoms with Gasteiger partial charge in [0, 0.05) is 0 Å². The molecule has 74 valence electrons. The third-order valence-electron chi connectivity index (χ3n) is 1.21. The van der Waals surface area contributed by atoms with Crippen LogP contribution in [0.15, 0.2) is 13.2 Å². The van der Waals surface area contributed by atoms with Gasteiger partial charge in [-0.25, -0.2) is 0 Å². The molecule has 0 aliphatic rings. The first-order valence-corrected chi connectivity index (χ1v) is 4.78. The standard InChI is InChI=1S/C7H16.C2H5N.C2H4/c1-3-5-7-6-4-2;1-2-3;1-2/h3-7H2,1-2H3;2-3H,1H3;1-2H2. The lowest BCUT2D eigenvalue weighted by Crippen LogP contribution is -1.70. The average Bonchev–Trinajstić information content (AvgIpc) is 2.11. The molecule has 0 saturated heterocycles. The number of hydrogen-bond donors (Lipinski definition) is 1. The Morgan fingerprint density at radius 1 is 1.00 bits per heavy atom. The summed E-state index contributed by atoms with van der Waals surface area (Å²) < 4.78 is 0. The summed E-state index contributed by atoms with van der Waals surface area (Å²) in [7, 11) is 0. The maximum absolute atomic E-state index is 6.08. The molecule has 0 radical (unpaired) electrons. The zero-order valence-electron chi connectivity index (χ0n) is 9.03. The van der Waals surface area contributed by atoms with Gasteiger partial charge in [-0.2, -0.15) is 0 Å². The third-order valence-corrected chi connectivity index (χ3v) is 1.21. The Bertz CT molecular complexity index is 56.0. The smallest absolute Gasteiger partial charge is 0.00788 e. The second-order valence-corrected chi connectivity index (χ2v) is 2.35. The normalized spacial score (nSPS) is 6.92. The molecule has 0 aromatic heterocycles. The first kappa shape index (κ1) is 17.5. The van der Waals surface area contributed by atoms with Crippen LogP contribution < -0.4 is 0 Å². The van der Waals surface area contributed by atoms with Crippen LogP contribution in [0.1, 0.15) is 52.9 Å². The average molecular weight is 171 g/mol. The van der Waals surface area contributed by atoms with Crippen LogP contribution in [-0.2, 0) is 0 Å². The Morgan fingerprint density at radius 2 is 1.25 bits per heavy atom. The predicted octanol–water partition coefficient (Wildman–Crippen LogP) is 4.43. The van der Waals surface area contributed by atoms with Crippen LogP contribution >= 0.6 is 0 Å². The number of hydrogen-bond acceptors (Lipinski definition) is 1. The molecule has 1 heteroatoms. The van der Waals surface area contributed by atoms with Gasteiger partial charge in [-0.3, -0.25) is 0 Å². The van der Waals surface area contributed by atoms with Crippen LogP contribution in [-0.4, -0.2) is 6.21 Å². The van der Waals surface area contributed by atoms with Gasteiger partial charge in [0.15, 0.2) is 0 Å². The summed E-state index contributed by atoms with van der Waals surface area (Å²) in [6.45, 7) is 12.2. The molecule has 0 atom stereocenters. The molecule has 0 rings (SSSR count). The van der Waals surface area contributed by atoms with Crippen LogP contribution in [0, 0.1) is 5.41 Å². The highest BCUT2D eigenvalue weighted by atomic mass is 14.3. The summed E-state index contributed by atoms with van der Waals surface area (Å²) in [5, 5.41) is 6.08. The highest BCUT2D eigenvalue weighted by Crippen LogP contribution is 2.00. The van der Waals surface area contributed by atoms with Crippen LogP contribution in [0.3, 0.4) is 0 Å². The van der Waals surface area contributed by atoms with E-state index in [1.54, 1.807) is 6.92 Å². The van der Waals surface area contributed by atoms with Crippen LogP contribution in [0.5, 0.6) is 0 Å². The van der Waals surface area contributed by atoms with Gasteiger partial charge < -0.3 is 5.41 Å². The SMILES string of the molecule is C=C.CC=N.CCCCCCC. The van der Waals surface area contributed by atoms with Gasteiger partial charge in [0.1, 0.15) is 0 Å². The first-order valence-electron chi connectivity index (χ1n) is 4.78. The molecule has 0 fully saturated rings. The minimum Gasteiger partial charge on any atom is -0.313 e. The lowest BCUT2D eigenvalue weighted by molar-refractivity contribution is 0.656. The van der Waals surface area contributed by atoms with Crippen molar-refractivity contribution in [3.05, 3.63) is 13.2 Å². The monoisotopic (exact) mass is 171 g/mol. The molecule has 1 nitrogen and oxygen atoms in total. The molecule has 0 saturated carbocycles. The number of rotatable bonds is 4. The zero-order valence-corrected chi connectivity index (χ0v) is 9.03. The molecule has 1 N–H and O–H groups in total. The summed E-state index contributed by atoms with van der Waals surface area (Å²) in [5.41, 5.74) is 0. The van der Waals surface area contributed by atoms with Gasteiger partial charge in [-0.05, 0) is 13.1 Å². The Kier molecular flexibility index (Phi) is 45.9. The van der Waals surface area contributed by atoms with Crippen molar-refractivity contribution < 1.29 is 0 Å². The molecule has 0 spiro atoms. The predicted molar refractivity (Wildman–Crippen MR) is 60.1 cm³/mol.